The Labute approximate surface area is 626 Å². The lowest BCUT2D eigenvalue weighted by molar-refractivity contribution is -0.143. The predicted octanol–water partition coefficient (Wildman–Crippen LogP) is 0.0760. The standard InChI is InChI=1S/C77H89N13O19/c1-43(92)65(88-62(94)40-80-68(100)56(32-33-63(95)96)87-76(109)77(3,4)90-67(99)55(78)37-54-39-79-42-81-54)73(105)84-58(35-46-22-28-52(29-23-46)49-16-10-6-11-17-49)71(103)89-66(44(2)93)74(106)86-61(41-91)72(104)83-59(38-64(97)98)70(102)82-57(34-45-20-26-51(27-21-45)48-14-8-5-9-15-48)69(101)85-60(75(107)108)36-47-24-30-53(31-25-47)50-18-12-7-13-19-50/h5-31,39,42-44,55-61,65-66,91-93H,32-38,40-41,78H2,1-4H3,(H,79,81)(H,80,100)(H,82,102)(H,83,104)(H,84,105)(H,85,101)(H,86,106)(H,87,109)(H,88,94)(H,89,103)(H,90,99)(H,95,96)(H,97,98)(H,107,108)/t43-,44-,55+,56+,57+,58+,59+,60+,61+,65+,66+/m1/s1. The molecule has 7 aromatic rings. The molecule has 0 saturated heterocycles. The number of aromatic nitrogens is 2. The second-order valence-electron chi connectivity index (χ2n) is 26.4. The Morgan fingerprint density at radius 1 is 0.440 bits per heavy atom. The number of hydrogen-bond acceptors (Lipinski definition) is 18. The molecule has 0 bridgehead atoms. The van der Waals surface area contributed by atoms with Crippen molar-refractivity contribution < 1.29 is 93.0 Å². The fraction of sp³-hybridized carbons (Fsp3) is 0.325. The van der Waals surface area contributed by atoms with Crippen molar-refractivity contribution >= 4 is 77.0 Å². The number of nitrogens with one attached hydrogen (secondary N) is 11. The molecule has 6 aromatic carbocycles. The van der Waals surface area contributed by atoms with Gasteiger partial charge in [-0.3, -0.25) is 57.5 Å². The number of hydrogen-bond donors (Lipinski definition) is 18. The molecule has 0 aliphatic rings. The van der Waals surface area contributed by atoms with Gasteiger partial charge in [-0.2, -0.15) is 0 Å². The topological polar surface area (TPSA) is 518 Å². The highest BCUT2D eigenvalue weighted by Crippen LogP contribution is 2.24. The maximum atomic E-state index is 14.6. The van der Waals surface area contributed by atoms with E-state index in [0.717, 1.165) is 47.2 Å². The van der Waals surface area contributed by atoms with Crippen LogP contribution in [0.4, 0.5) is 0 Å². The molecule has 0 fully saturated rings. The summed E-state index contributed by atoms with van der Waals surface area (Å²) in [5.74, 6) is -15.8. The molecule has 32 heteroatoms. The number of rotatable bonds is 40. The quantitative estimate of drug-likeness (QED) is 0.0242. The van der Waals surface area contributed by atoms with E-state index in [0.29, 0.717) is 22.4 Å². The zero-order chi connectivity index (χ0) is 79.5. The maximum Gasteiger partial charge on any atom is 0.326 e. The fourth-order valence-electron chi connectivity index (χ4n) is 11.3. The number of benzene rings is 6. The number of H-pyrrole nitrogens is 1. The van der Waals surface area contributed by atoms with E-state index in [1.807, 2.05) is 91.0 Å². The van der Waals surface area contributed by atoms with E-state index in [9.17, 15) is 93.0 Å². The predicted molar refractivity (Wildman–Crippen MR) is 395 cm³/mol. The van der Waals surface area contributed by atoms with Gasteiger partial charge in [0.15, 0.2) is 0 Å². The number of aliphatic hydroxyl groups is 3. The normalized spacial score (nSPS) is 14.2. The summed E-state index contributed by atoms with van der Waals surface area (Å²) in [5, 5.41) is 85.9. The van der Waals surface area contributed by atoms with Crippen LogP contribution in [0.25, 0.3) is 33.4 Å². The first-order chi connectivity index (χ1) is 51.9. The SMILES string of the molecule is C[C@@H](O)[C@H](NC(=O)CNC(=O)[C@H](CCC(=O)O)NC(=O)C(C)(C)NC(=O)[C@@H](N)Cc1c[nH]cn1)C(=O)N[C@@H](Cc1ccc(-c2ccccc2)cc1)C(=O)N[C@H](C(=O)N[C@@H](CO)C(=O)N[C@@H](CC(=O)O)C(=O)N[C@@H](Cc1ccc(-c2ccccc2)cc1)C(=O)N[C@@H](Cc1ccc(-c2ccccc2)cc1)C(=O)O)[C@@H](C)O. The van der Waals surface area contributed by atoms with Gasteiger partial charge in [0, 0.05) is 38.3 Å². The minimum Gasteiger partial charge on any atom is -0.481 e. The number of carbonyl (C=O) groups is 13. The van der Waals surface area contributed by atoms with Gasteiger partial charge in [-0.15, -0.1) is 0 Å². The Balaban J connectivity index is 1.05. The Hall–Kier alpha value is -12.5. The van der Waals surface area contributed by atoms with E-state index in [4.69, 9.17) is 5.73 Å². The molecule has 0 aliphatic carbocycles. The average Bonchev–Trinajstić information content (AvgIpc) is 0.904. The molecular formula is C77H89N13O19. The molecule has 0 saturated carbocycles. The van der Waals surface area contributed by atoms with Crippen molar-refractivity contribution in [3.63, 3.8) is 0 Å². The maximum absolute atomic E-state index is 14.6. The Bertz CT molecular complexity index is 4290. The van der Waals surface area contributed by atoms with Gasteiger partial charge in [0.05, 0.1) is 49.8 Å². The molecule has 109 heavy (non-hydrogen) atoms. The summed E-state index contributed by atoms with van der Waals surface area (Å²) >= 11 is 0. The van der Waals surface area contributed by atoms with Crippen molar-refractivity contribution in [2.24, 2.45) is 5.73 Å². The monoisotopic (exact) mass is 1500 g/mol. The molecule has 576 valence electrons. The highest BCUT2D eigenvalue weighted by Gasteiger charge is 2.39. The summed E-state index contributed by atoms with van der Waals surface area (Å²) in [6.07, 6.45) is -3.91. The van der Waals surface area contributed by atoms with E-state index in [2.05, 4.69) is 63.1 Å². The van der Waals surface area contributed by atoms with Gasteiger partial charge in [0.2, 0.25) is 59.1 Å². The van der Waals surface area contributed by atoms with Crippen LogP contribution in [-0.4, -0.2) is 203 Å². The van der Waals surface area contributed by atoms with Crippen molar-refractivity contribution in [3.8, 4) is 33.4 Å². The van der Waals surface area contributed by atoms with Gasteiger partial charge < -0.3 is 94.5 Å². The molecule has 1 aromatic heterocycles. The van der Waals surface area contributed by atoms with Crippen LogP contribution in [0.1, 0.15) is 69.3 Å². The summed E-state index contributed by atoms with van der Waals surface area (Å²) in [6, 6.07) is 32.3. The highest BCUT2D eigenvalue weighted by molar-refractivity contribution is 6.00. The van der Waals surface area contributed by atoms with Crippen LogP contribution in [-0.2, 0) is 88.0 Å². The second kappa shape index (κ2) is 40.3. The summed E-state index contributed by atoms with van der Waals surface area (Å²) in [6.45, 7) is 2.53. The zero-order valence-corrected chi connectivity index (χ0v) is 60.0. The van der Waals surface area contributed by atoms with Crippen LogP contribution < -0.4 is 58.9 Å². The van der Waals surface area contributed by atoms with Crippen LogP contribution in [0.15, 0.2) is 176 Å². The molecule has 1 heterocycles. The lowest BCUT2D eigenvalue weighted by Crippen LogP contribution is -2.63. The van der Waals surface area contributed by atoms with Crippen molar-refractivity contribution in [2.45, 2.75) is 145 Å². The zero-order valence-electron chi connectivity index (χ0n) is 60.0. The molecular weight excluding hydrogens is 1410 g/mol. The summed E-state index contributed by atoms with van der Waals surface area (Å²) in [7, 11) is 0. The number of nitrogens with zero attached hydrogens (tertiary/aromatic N) is 1. The average molecular weight is 1500 g/mol. The fourth-order valence-corrected chi connectivity index (χ4v) is 11.3. The van der Waals surface area contributed by atoms with Crippen molar-refractivity contribution in [1.82, 2.24) is 63.1 Å². The number of imidazole rings is 1. The molecule has 32 nitrogen and oxygen atoms in total. The van der Waals surface area contributed by atoms with E-state index in [1.54, 1.807) is 72.8 Å². The van der Waals surface area contributed by atoms with E-state index in [-0.39, 0.29) is 25.7 Å². The largest absolute Gasteiger partial charge is 0.481 e. The van der Waals surface area contributed by atoms with E-state index in [1.165, 1.54) is 26.4 Å². The molecule has 0 spiro atoms. The third-order valence-corrected chi connectivity index (χ3v) is 17.4. The van der Waals surface area contributed by atoms with E-state index >= 15 is 0 Å². The van der Waals surface area contributed by atoms with Crippen LogP contribution in [0.2, 0.25) is 0 Å². The number of aromatic amines is 1. The molecule has 0 radical (unpaired) electrons. The van der Waals surface area contributed by atoms with Crippen LogP contribution >= 0.6 is 0 Å². The first-order valence-corrected chi connectivity index (χ1v) is 34.7. The molecule has 0 aliphatic heterocycles. The lowest BCUT2D eigenvalue weighted by Gasteiger charge is -2.29. The minimum absolute atomic E-state index is 0.00488. The first kappa shape index (κ1) is 83.7. The number of amides is 10. The van der Waals surface area contributed by atoms with Crippen LogP contribution in [0.5, 0.6) is 0 Å². The number of aliphatic hydroxyl groups excluding tert-OH is 3. The van der Waals surface area contributed by atoms with Crippen LogP contribution in [0.3, 0.4) is 0 Å². The van der Waals surface area contributed by atoms with Gasteiger partial charge >= 0.3 is 17.9 Å². The second-order valence-corrected chi connectivity index (χ2v) is 26.4. The molecule has 10 amide bonds. The number of aliphatic carboxylic acids is 3. The Kier molecular flexibility index (Phi) is 30.9. The van der Waals surface area contributed by atoms with E-state index < -0.39 is 182 Å². The molecule has 11 atom stereocenters. The number of carbonyl (C=O) groups excluding carboxylic acids is 10. The molecule has 0 unspecified atom stereocenters. The van der Waals surface area contributed by atoms with Crippen molar-refractivity contribution in [2.75, 3.05) is 13.2 Å². The van der Waals surface area contributed by atoms with Crippen molar-refractivity contribution in [1.29, 1.82) is 0 Å². The molecule has 7 rings (SSSR count). The minimum atomic E-state index is -2.07. The van der Waals surface area contributed by atoms with Gasteiger partial charge in [-0.05, 0) is 84.2 Å². The number of nitrogens with two attached hydrogens (primary N) is 1. The third-order valence-electron chi connectivity index (χ3n) is 17.4. The summed E-state index contributed by atoms with van der Waals surface area (Å²) in [4.78, 5) is 183. The van der Waals surface area contributed by atoms with Gasteiger partial charge in [-0.1, -0.05) is 164 Å². The van der Waals surface area contributed by atoms with Gasteiger partial charge in [0.1, 0.15) is 53.9 Å². The highest BCUT2D eigenvalue weighted by atomic mass is 16.4. The van der Waals surface area contributed by atoms with Gasteiger partial charge in [0.25, 0.3) is 0 Å². The van der Waals surface area contributed by atoms with Crippen LogP contribution in [0, 0.1) is 0 Å². The number of carboxylic acid groups (broad SMARTS) is 3. The van der Waals surface area contributed by atoms with Gasteiger partial charge in [-0.25, -0.2) is 9.78 Å². The number of carboxylic acids is 3. The smallest absolute Gasteiger partial charge is 0.326 e. The Morgan fingerprint density at radius 2 is 0.835 bits per heavy atom. The third kappa shape index (κ3) is 25.9. The summed E-state index contributed by atoms with van der Waals surface area (Å²) < 4.78 is 0. The first-order valence-electron chi connectivity index (χ1n) is 34.7. The lowest BCUT2D eigenvalue weighted by atomic mass is 9.98. The molecule has 19 N–H and O–H groups in total. The Morgan fingerprint density at radius 3 is 1.26 bits per heavy atom. The van der Waals surface area contributed by atoms with Crippen molar-refractivity contribution in [3.05, 3.63) is 199 Å². The summed E-state index contributed by atoms with van der Waals surface area (Å²) in [5.41, 5.74) is 11.1.